The fourth-order valence-corrected chi connectivity index (χ4v) is 4.76. The molecule has 2 aromatic heterocycles. The van der Waals surface area contributed by atoms with Crippen LogP contribution in [0.1, 0.15) is 25.5 Å². The number of ether oxygens (including phenoxy) is 1. The lowest BCUT2D eigenvalue weighted by molar-refractivity contribution is 0.0401. The van der Waals surface area contributed by atoms with Crippen LogP contribution in [-0.2, 0) is 21.2 Å². The summed E-state index contributed by atoms with van der Waals surface area (Å²) >= 11 is 0. The van der Waals surface area contributed by atoms with Crippen LogP contribution in [0.3, 0.4) is 0 Å². The highest BCUT2D eigenvalue weighted by atomic mass is 32.2. The molecule has 0 aliphatic carbocycles. The van der Waals surface area contributed by atoms with Crippen LogP contribution in [0.2, 0.25) is 0 Å². The quantitative estimate of drug-likeness (QED) is 0.849. The number of fused-ring (bicyclic) bond motifs is 1. The van der Waals surface area contributed by atoms with E-state index < -0.39 is 10.0 Å². The maximum absolute atomic E-state index is 13.1. The van der Waals surface area contributed by atoms with Gasteiger partial charge in [0, 0.05) is 26.2 Å². The van der Waals surface area contributed by atoms with Gasteiger partial charge in [-0.3, -0.25) is 0 Å². The molecule has 1 saturated heterocycles. The molecule has 0 spiro atoms. The standard InChI is InChI=1S/C15H22N4O4S/c1-3-14-13-7-12(9-17-15(13)23-18-14)24(20,21)19-5-4-11(22-2)6-10(19)8-16/h7,9-11H,3-6,8,16H2,1-2H3. The SMILES string of the molecule is CCc1noc2ncc(S(=O)(=O)N3CCC(OC)CC3CN)cc12. The molecule has 9 heteroatoms. The van der Waals surface area contributed by atoms with Gasteiger partial charge < -0.3 is 15.0 Å². The van der Waals surface area contributed by atoms with Gasteiger partial charge in [0.2, 0.25) is 10.0 Å². The highest BCUT2D eigenvalue weighted by Gasteiger charge is 2.36. The average molecular weight is 354 g/mol. The Balaban J connectivity index is 1.97. The molecule has 0 saturated carbocycles. The van der Waals surface area contributed by atoms with E-state index in [9.17, 15) is 8.42 Å². The Labute approximate surface area is 141 Å². The van der Waals surface area contributed by atoms with Gasteiger partial charge in [-0.2, -0.15) is 4.31 Å². The molecule has 2 unspecified atom stereocenters. The Morgan fingerprint density at radius 2 is 2.29 bits per heavy atom. The predicted octanol–water partition coefficient (Wildman–Crippen LogP) is 0.912. The van der Waals surface area contributed by atoms with E-state index in [1.807, 2.05) is 6.92 Å². The van der Waals surface area contributed by atoms with Gasteiger partial charge >= 0.3 is 0 Å². The summed E-state index contributed by atoms with van der Waals surface area (Å²) in [7, 11) is -2.05. The van der Waals surface area contributed by atoms with Crippen LogP contribution in [0.15, 0.2) is 21.7 Å². The molecule has 2 aromatic rings. The molecule has 1 aliphatic heterocycles. The number of sulfonamides is 1. The Kier molecular flexibility index (Phi) is 4.86. The molecule has 0 radical (unpaired) electrons. The lowest BCUT2D eigenvalue weighted by atomic mass is 10.0. The zero-order valence-electron chi connectivity index (χ0n) is 13.8. The number of aromatic nitrogens is 2. The van der Waals surface area contributed by atoms with Crippen LogP contribution < -0.4 is 5.73 Å². The van der Waals surface area contributed by atoms with Gasteiger partial charge in [-0.25, -0.2) is 13.4 Å². The number of aryl methyl sites for hydroxylation is 1. The van der Waals surface area contributed by atoms with E-state index in [1.54, 1.807) is 13.2 Å². The average Bonchev–Trinajstić information content (AvgIpc) is 3.03. The summed E-state index contributed by atoms with van der Waals surface area (Å²) in [4.78, 5) is 4.24. The van der Waals surface area contributed by atoms with Crippen LogP contribution in [0, 0.1) is 0 Å². The lowest BCUT2D eigenvalue weighted by Gasteiger charge is -2.37. The van der Waals surface area contributed by atoms with Crippen molar-refractivity contribution in [3.8, 4) is 0 Å². The van der Waals surface area contributed by atoms with Gasteiger partial charge in [0.05, 0.1) is 23.4 Å². The van der Waals surface area contributed by atoms with Crippen LogP contribution in [-0.4, -0.2) is 55.2 Å². The van der Waals surface area contributed by atoms with Gasteiger partial charge in [-0.1, -0.05) is 12.1 Å². The van der Waals surface area contributed by atoms with Crippen LogP contribution in [0.5, 0.6) is 0 Å². The van der Waals surface area contributed by atoms with Crippen molar-refractivity contribution >= 4 is 21.1 Å². The lowest BCUT2D eigenvalue weighted by Crippen LogP contribution is -2.51. The molecule has 1 aliphatic rings. The minimum atomic E-state index is -3.68. The maximum atomic E-state index is 13.1. The van der Waals surface area contributed by atoms with E-state index in [0.29, 0.717) is 42.6 Å². The highest BCUT2D eigenvalue weighted by molar-refractivity contribution is 7.89. The van der Waals surface area contributed by atoms with Crippen LogP contribution >= 0.6 is 0 Å². The monoisotopic (exact) mass is 354 g/mol. The Morgan fingerprint density at radius 1 is 1.50 bits per heavy atom. The molecule has 0 aromatic carbocycles. The van der Waals surface area contributed by atoms with E-state index in [0.717, 1.165) is 0 Å². The van der Waals surface area contributed by atoms with E-state index in [4.69, 9.17) is 15.0 Å². The first-order chi connectivity index (χ1) is 11.5. The summed E-state index contributed by atoms with van der Waals surface area (Å²) in [5.41, 5.74) is 6.85. The number of nitrogens with zero attached hydrogens (tertiary/aromatic N) is 3. The number of methoxy groups -OCH3 is 1. The Hall–Kier alpha value is -1.55. The zero-order chi connectivity index (χ0) is 17.3. The normalized spacial score (nSPS) is 23.0. The molecule has 1 fully saturated rings. The van der Waals surface area contributed by atoms with Gasteiger partial charge in [0.15, 0.2) is 0 Å². The van der Waals surface area contributed by atoms with Crippen molar-refractivity contribution in [1.82, 2.24) is 14.4 Å². The fourth-order valence-electron chi connectivity index (χ4n) is 3.13. The minimum Gasteiger partial charge on any atom is -0.381 e. The van der Waals surface area contributed by atoms with Gasteiger partial charge in [0.25, 0.3) is 5.71 Å². The third-order valence-electron chi connectivity index (χ3n) is 4.54. The predicted molar refractivity (Wildman–Crippen MR) is 87.9 cm³/mol. The second-order valence-electron chi connectivity index (χ2n) is 5.89. The number of piperidine rings is 1. The second kappa shape index (κ2) is 6.75. The summed E-state index contributed by atoms with van der Waals surface area (Å²) in [6.45, 7) is 2.56. The third kappa shape index (κ3) is 2.92. The van der Waals surface area contributed by atoms with Crippen molar-refractivity contribution in [3.05, 3.63) is 18.0 Å². The topological polar surface area (TPSA) is 112 Å². The molecule has 0 bridgehead atoms. The minimum absolute atomic E-state index is 0.0374. The summed E-state index contributed by atoms with van der Waals surface area (Å²) < 4.78 is 38.0. The Bertz CT molecular complexity index is 820. The molecule has 24 heavy (non-hydrogen) atoms. The van der Waals surface area contributed by atoms with E-state index in [1.165, 1.54) is 10.5 Å². The summed E-state index contributed by atoms with van der Waals surface area (Å²) in [6.07, 6.45) is 3.24. The van der Waals surface area contributed by atoms with Crippen molar-refractivity contribution in [2.75, 3.05) is 20.2 Å². The molecule has 3 rings (SSSR count). The molecule has 3 heterocycles. The van der Waals surface area contributed by atoms with Crippen molar-refractivity contribution in [1.29, 1.82) is 0 Å². The van der Waals surface area contributed by atoms with E-state index in [-0.39, 0.29) is 23.6 Å². The molecule has 8 nitrogen and oxygen atoms in total. The first kappa shape index (κ1) is 17.3. The van der Waals surface area contributed by atoms with Crippen molar-refractivity contribution in [2.45, 2.75) is 43.2 Å². The van der Waals surface area contributed by atoms with Crippen molar-refractivity contribution in [2.24, 2.45) is 5.73 Å². The molecular weight excluding hydrogens is 332 g/mol. The first-order valence-corrected chi connectivity index (χ1v) is 9.44. The molecule has 0 amide bonds. The number of rotatable bonds is 5. The zero-order valence-corrected chi connectivity index (χ0v) is 14.6. The Morgan fingerprint density at radius 3 is 2.96 bits per heavy atom. The summed E-state index contributed by atoms with van der Waals surface area (Å²) in [5.74, 6) is 0. The third-order valence-corrected chi connectivity index (χ3v) is 6.46. The summed E-state index contributed by atoms with van der Waals surface area (Å²) in [6, 6.07) is 1.31. The van der Waals surface area contributed by atoms with Crippen LogP contribution in [0.25, 0.3) is 11.1 Å². The van der Waals surface area contributed by atoms with E-state index in [2.05, 4.69) is 10.1 Å². The number of hydrogen-bond donors (Lipinski definition) is 1. The number of hydrogen-bond acceptors (Lipinski definition) is 7. The highest BCUT2D eigenvalue weighted by Crippen LogP contribution is 2.28. The number of nitrogens with two attached hydrogens (primary N) is 1. The molecule has 2 atom stereocenters. The molecule has 2 N–H and O–H groups in total. The largest absolute Gasteiger partial charge is 0.381 e. The summed E-state index contributed by atoms with van der Waals surface area (Å²) in [5, 5.41) is 4.55. The maximum Gasteiger partial charge on any atom is 0.258 e. The van der Waals surface area contributed by atoms with Gasteiger partial charge in [-0.15, -0.1) is 0 Å². The van der Waals surface area contributed by atoms with Gasteiger partial charge in [-0.05, 0) is 25.3 Å². The number of pyridine rings is 1. The van der Waals surface area contributed by atoms with Gasteiger partial charge in [0.1, 0.15) is 4.90 Å². The molecular formula is C15H22N4O4S. The van der Waals surface area contributed by atoms with Crippen molar-refractivity contribution < 1.29 is 17.7 Å². The smallest absolute Gasteiger partial charge is 0.258 e. The van der Waals surface area contributed by atoms with Crippen molar-refractivity contribution in [3.63, 3.8) is 0 Å². The molecule has 132 valence electrons. The van der Waals surface area contributed by atoms with Crippen LogP contribution in [0.4, 0.5) is 0 Å². The fraction of sp³-hybridized carbons (Fsp3) is 0.600. The second-order valence-corrected chi connectivity index (χ2v) is 7.78. The first-order valence-electron chi connectivity index (χ1n) is 8.00. The van der Waals surface area contributed by atoms with E-state index >= 15 is 0 Å².